The fourth-order valence-electron chi connectivity index (χ4n) is 3.98. The van der Waals surface area contributed by atoms with Crippen molar-refractivity contribution >= 4 is 23.2 Å². The topological polar surface area (TPSA) is 73.2 Å². The Morgan fingerprint density at radius 1 is 1.41 bits per heavy atom. The van der Waals surface area contributed by atoms with Gasteiger partial charge in [-0.3, -0.25) is 9.59 Å². The molecule has 0 bridgehead atoms. The van der Waals surface area contributed by atoms with Crippen LogP contribution in [0.5, 0.6) is 0 Å². The molecule has 0 radical (unpaired) electrons. The van der Waals surface area contributed by atoms with E-state index < -0.39 is 0 Å². The summed E-state index contributed by atoms with van der Waals surface area (Å²) in [6, 6.07) is 7.11. The predicted octanol–water partition coefficient (Wildman–Crippen LogP) is 2.28. The zero-order valence-corrected chi connectivity index (χ0v) is 12.2. The lowest BCUT2D eigenvalue weighted by molar-refractivity contribution is -0.122. The molecule has 3 unspecified atom stereocenters. The zero-order chi connectivity index (χ0) is 15.3. The molecule has 2 fully saturated rings. The van der Waals surface area contributed by atoms with Crippen LogP contribution in [-0.4, -0.2) is 18.4 Å². The molecule has 4 rings (SSSR count). The summed E-state index contributed by atoms with van der Waals surface area (Å²) in [4.78, 5) is 26.1. The van der Waals surface area contributed by atoms with Crippen LogP contribution in [0.15, 0.2) is 18.2 Å². The Balaban J connectivity index is 1.59. The second-order valence-electron chi connectivity index (χ2n) is 6.57. The minimum atomic E-state index is -0.179. The normalized spacial score (nSPS) is 28.4. The van der Waals surface area contributed by atoms with E-state index >= 15 is 0 Å². The standard InChI is InChI=1S/C17H17N3O2/c18-8-10-1-4-14-15(5-10)20(9-16(21)19-14)17(22)7-12-3-2-11-6-13(11)12/h1,4-5,11-13H,2-3,6-7,9H2,(H,19,21). The first-order chi connectivity index (χ1) is 10.7. The summed E-state index contributed by atoms with van der Waals surface area (Å²) in [5, 5.41) is 11.8. The highest BCUT2D eigenvalue weighted by Gasteiger charge is 2.48. The first-order valence-electron chi connectivity index (χ1n) is 7.80. The molecule has 5 heteroatoms. The number of anilines is 2. The molecule has 1 aliphatic heterocycles. The Morgan fingerprint density at radius 2 is 2.27 bits per heavy atom. The van der Waals surface area contributed by atoms with Gasteiger partial charge >= 0.3 is 0 Å². The van der Waals surface area contributed by atoms with Gasteiger partial charge in [-0.25, -0.2) is 0 Å². The van der Waals surface area contributed by atoms with Crippen molar-refractivity contribution in [1.29, 1.82) is 5.26 Å². The molecule has 0 aromatic heterocycles. The molecule has 2 aliphatic carbocycles. The van der Waals surface area contributed by atoms with E-state index in [1.54, 1.807) is 23.1 Å². The van der Waals surface area contributed by atoms with Crippen LogP contribution in [-0.2, 0) is 9.59 Å². The van der Waals surface area contributed by atoms with Gasteiger partial charge in [-0.2, -0.15) is 5.26 Å². The second-order valence-corrected chi connectivity index (χ2v) is 6.57. The molecule has 3 aliphatic rings. The van der Waals surface area contributed by atoms with E-state index in [9.17, 15) is 9.59 Å². The summed E-state index contributed by atoms with van der Waals surface area (Å²) < 4.78 is 0. The fraction of sp³-hybridized carbons (Fsp3) is 0.471. The Hall–Kier alpha value is -2.35. The number of carbonyl (C=O) groups excluding carboxylic acids is 2. The van der Waals surface area contributed by atoms with Crippen LogP contribution in [0.1, 0.15) is 31.2 Å². The largest absolute Gasteiger partial charge is 0.323 e. The Labute approximate surface area is 128 Å². The third-order valence-corrected chi connectivity index (χ3v) is 5.22. The average Bonchev–Trinajstić information content (AvgIpc) is 3.21. The second kappa shape index (κ2) is 4.84. The lowest BCUT2D eigenvalue weighted by atomic mass is 9.98. The maximum atomic E-state index is 12.7. The summed E-state index contributed by atoms with van der Waals surface area (Å²) in [6.45, 7) is 0.0432. The van der Waals surface area contributed by atoms with Crippen LogP contribution in [0.4, 0.5) is 11.4 Å². The van der Waals surface area contributed by atoms with Crippen molar-refractivity contribution in [2.24, 2.45) is 17.8 Å². The van der Waals surface area contributed by atoms with Gasteiger partial charge in [0, 0.05) is 6.42 Å². The monoisotopic (exact) mass is 295 g/mol. The minimum Gasteiger partial charge on any atom is -0.323 e. The number of nitrogens with one attached hydrogen (secondary N) is 1. The molecule has 1 aromatic carbocycles. The maximum absolute atomic E-state index is 12.7. The van der Waals surface area contributed by atoms with Crippen molar-refractivity contribution in [1.82, 2.24) is 0 Å². The molecule has 2 saturated carbocycles. The van der Waals surface area contributed by atoms with E-state index in [4.69, 9.17) is 5.26 Å². The van der Waals surface area contributed by atoms with Crippen LogP contribution < -0.4 is 10.2 Å². The third kappa shape index (κ3) is 2.16. The molecule has 3 atom stereocenters. The van der Waals surface area contributed by atoms with Gasteiger partial charge < -0.3 is 10.2 Å². The highest BCUT2D eigenvalue weighted by molar-refractivity contribution is 6.10. The molecule has 0 saturated heterocycles. The van der Waals surface area contributed by atoms with Gasteiger partial charge in [0.25, 0.3) is 0 Å². The van der Waals surface area contributed by atoms with E-state index in [2.05, 4.69) is 11.4 Å². The molecule has 22 heavy (non-hydrogen) atoms. The summed E-state index contributed by atoms with van der Waals surface area (Å²) >= 11 is 0. The van der Waals surface area contributed by atoms with Crippen LogP contribution >= 0.6 is 0 Å². The van der Waals surface area contributed by atoms with E-state index in [-0.39, 0.29) is 18.4 Å². The maximum Gasteiger partial charge on any atom is 0.244 e. The van der Waals surface area contributed by atoms with Crippen molar-refractivity contribution in [3.05, 3.63) is 23.8 Å². The van der Waals surface area contributed by atoms with E-state index in [1.807, 2.05) is 0 Å². The summed E-state index contributed by atoms with van der Waals surface area (Å²) in [5.41, 5.74) is 1.75. The molecular weight excluding hydrogens is 278 g/mol. The average molecular weight is 295 g/mol. The van der Waals surface area contributed by atoms with Gasteiger partial charge in [-0.1, -0.05) is 0 Å². The number of hydrogen-bond donors (Lipinski definition) is 1. The Bertz CT molecular complexity index is 706. The number of carbonyl (C=O) groups is 2. The van der Waals surface area contributed by atoms with E-state index in [0.29, 0.717) is 29.3 Å². The number of rotatable bonds is 2. The molecule has 5 nitrogen and oxygen atoms in total. The van der Waals surface area contributed by atoms with Crippen molar-refractivity contribution in [3.63, 3.8) is 0 Å². The summed E-state index contributed by atoms with van der Waals surface area (Å²) in [5.74, 6) is 1.88. The smallest absolute Gasteiger partial charge is 0.244 e. The lowest BCUT2D eigenvalue weighted by Crippen LogP contribution is -2.42. The van der Waals surface area contributed by atoms with Crippen molar-refractivity contribution in [2.75, 3.05) is 16.8 Å². The lowest BCUT2D eigenvalue weighted by Gasteiger charge is -2.30. The highest BCUT2D eigenvalue weighted by atomic mass is 16.2. The van der Waals surface area contributed by atoms with Gasteiger partial charge in [0.1, 0.15) is 6.54 Å². The molecule has 1 aromatic rings. The van der Waals surface area contributed by atoms with Crippen LogP contribution in [0.25, 0.3) is 0 Å². The molecule has 1 N–H and O–H groups in total. The predicted molar refractivity (Wildman–Crippen MR) is 81.1 cm³/mol. The number of nitrogens with zero attached hydrogens (tertiary/aromatic N) is 2. The SMILES string of the molecule is N#Cc1ccc2c(c1)N(C(=O)CC1CCC3CC13)CC(=O)N2. The number of nitriles is 1. The Morgan fingerprint density at radius 3 is 2.95 bits per heavy atom. The number of benzene rings is 1. The number of hydrogen-bond acceptors (Lipinski definition) is 3. The van der Waals surface area contributed by atoms with Gasteiger partial charge in [0.05, 0.1) is 23.0 Å². The molecule has 0 spiro atoms. The van der Waals surface area contributed by atoms with Gasteiger partial charge in [-0.15, -0.1) is 0 Å². The van der Waals surface area contributed by atoms with E-state index in [1.165, 1.54) is 12.8 Å². The molecular formula is C17H17N3O2. The quantitative estimate of drug-likeness (QED) is 0.909. The van der Waals surface area contributed by atoms with Crippen molar-refractivity contribution < 1.29 is 9.59 Å². The number of amides is 2. The van der Waals surface area contributed by atoms with Gasteiger partial charge in [0.2, 0.25) is 11.8 Å². The molecule has 2 amide bonds. The molecule has 1 heterocycles. The van der Waals surface area contributed by atoms with Crippen molar-refractivity contribution in [3.8, 4) is 6.07 Å². The first-order valence-corrected chi connectivity index (χ1v) is 7.80. The fourth-order valence-corrected chi connectivity index (χ4v) is 3.98. The summed E-state index contributed by atoms with van der Waals surface area (Å²) in [7, 11) is 0. The van der Waals surface area contributed by atoms with Crippen molar-refractivity contribution in [2.45, 2.75) is 25.7 Å². The van der Waals surface area contributed by atoms with Gasteiger partial charge in [0.15, 0.2) is 0 Å². The third-order valence-electron chi connectivity index (χ3n) is 5.22. The van der Waals surface area contributed by atoms with Gasteiger partial charge in [-0.05, 0) is 55.2 Å². The zero-order valence-electron chi connectivity index (χ0n) is 12.2. The minimum absolute atomic E-state index is 0.00346. The highest BCUT2D eigenvalue weighted by Crippen LogP contribution is 2.56. The van der Waals surface area contributed by atoms with Crippen LogP contribution in [0.3, 0.4) is 0 Å². The number of fused-ring (bicyclic) bond motifs is 2. The van der Waals surface area contributed by atoms with Crippen LogP contribution in [0, 0.1) is 29.1 Å². The van der Waals surface area contributed by atoms with E-state index in [0.717, 1.165) is 18.3 Å². The van der Waals surface area contributed by atoms with Crippen LogP contribution in [0.2, 0.25) is 0 Å². The first kappa shape index (κ1) is 13.3. The molecule has 112 valence electrons. The summed E-state index contributed by atoms with van der Waals surface area (Å²) in [6.07, 6.45) is 4.17. The Kier molecular flexibility index (Phi) is 2.93.